The number of aromatic amines is 1. The van der Waals surface area contributed by atoms with Gasteiger partial charge >= 0.3 is 0 Å². The summed E-state index contributed by atoms with van der Waals surface area (Å²) in [6.07, 6.45) is 6.23. The van der Waals surface area contributed by atoms with Gasteiger partial charge in [-0.25, -0.2) is 0 Å². The van der Waals surface area contributed by atoms with Crippen LogP contribution in [0.1, 0.15) is 51.8 Å². The molecule has 0 aliphatic heterocycles. The molecule has 0 saturated heterocycles. The first-order valence-corrected chi connectivity index (χ1v) is 12.5. The second-order valence-electron chi connectivity index (χ2n) is 10.2. The zero-order valence-electron chi connectivity index (χ0n) is 21.1. The van der Waals surface area contributed by atoms with Gasteiger partial charge in [0.05, 0.1) is 23.3 Å². The summed E-state index contributed by atoms with van der Waals surface area (Å²) in [4.78, 5) is 31.7. The van der Waals surface area contributed by atoms with Crippen LogP contribution in [0.3, 0.4) is 0 Å². The first kappa shape index (κ1) is 23.1. The summed E-state index contributed by atoms with van der Waals surface area (Å²) in [7, 11) is 1.72. The molecule has 2 atom stereocenters. The van der Waals surface area contributed by atoms with Gasteiger partial charge in [-0.2, -0.15) is 10.2 Å². The van der Waals surface area contributed by atoms with Crippen molar-refractivity contribution in [3.05, 3.63) is 83.1 Å². The highest BCUT2D eigenvalue weighted by Crippen LogP contribution is 2.64. The maximum atomic E-state index is 13.8. The lowest BCUT2D eigenvalue weighted by Gasteiger charge is -2.29. The zero-order valence-corrected chi connectivity index (χ0v) is 21.1. The fourth-order valence-corrected chi connectivity index (χ4v) is 5.88. The van der Waals surface area contributed by atoms with Crippen LogP contribution in [0.15, 0.2) is 54.9 Å². The van der Waals surface area contributed by atoms with Crippen molar-refractivity contribution in [3.63, 3.8) is 0 Å². The summed E-state index contributed by atoms with van der Waals surface area (Å²) in [6, 6.07) is 12.9. The van der Waals surface area contributed by atoms with E-state index in [1.165, 1.54) is 10.2 Å². The Hall–Kier alpha value is -4.27. The van der Waals surface area contributed by atoms with E-state index in [0.29, 0.717) is 11.4 Å². The van der Waals surface area contributed by atoms with E-state index in [1.54, 1.807) is 25.5 Å². The zero-order chi connectivity index (χ0) is 25.7. The number of hydrogen-bond acceptors (Lipinski definition) is 5. The second-order valence-corrected chi connectivity index (χ2v) is 10.2. The number of H-pyrrole nitrogens is 1. The number of aryl methyl sites for hydroxylation is 3. The maximum Gasteiger partial charge on any atom is 0.270 e. The van der Waals surface area contributed by atoms with E-state index in [2.05, 4.69) is 43.0 Å². The molecule has 6 rings (SSSR count). The van der Waals surface area contributed by atoms with Crippen molar-refractivity contribution in [3.8, 4) is 11.3 Å². The topological polar surface area (TPSA) is 118 Å². The fraction of sp³-hybridized carbons (Fsp3) is 0.321. The first-order valence-electron chi connectivity index (χ1n) is 12.5. The second kappa shape index (κ2) is 8.69. The van der Waals surface area contributed by atoms with E-state index in [9.17, 15) is 9.59 Å². The van der Waals surface area contributed by atoms with Crippen LogP contribution >= 0.6 is 0 Å². The highest BCUT2D eigenvalue weighted by Gasteiger charge is 2.58. The van der Waals surface area contributed by atoms with Gasteiger partial charge in [-0.3, -0.25) is 24.4 Å². The van der Waals surface area contributed by atoms with Crippen LogP contribution in [-0.4, -0.2) is 42.8 Å². The Bertz CT molecular complexity index is 1480. The van der Waals surface area contributed by atoms with E-state index in [0.717, 1.165) is 47.5 Å². The molecule has 1 spiro atoms. The molecule has 9 heteroatoms. The molecule has 188 valence electrons. The number of rotatable bonds is 6. The van der Waals surface area contributed by atoms with Crippen LogP contribution in [-0.2, 0) is 18.3 Å². The molecule has 3 heterocycles. The number of amides is 2. The number of aromatic nitrogens is 5. The summed E-state index contributed by atoms with van der Waals surface area (Å²) in [5.74, 6) is -0.683. The number of pyridine rings is 1. The van der Waals surface area contributed by atoms with Crippen molar-refractivity contribution in [2.75, 3.05) is 5.32 Å². The lowest BCUT2D eigenvalue weighted by atomic mass is 9.82. The highest BCUT2D eigenvalue weighted by atomic mass is 16.2. The lowest BCUT2D eigenvalue weighted by molar-refractivity contribution is -0.118. The van der Waals surface area contributed by atoms with Crippen molar-refractivity contribution in [1.82, 2.24) is 30.3 Å². The minimum absolute atomic E-state index is 0.00385. The Balaban J connectivity index is 1.31. The summed E-state index contributed by atoms with van der Waals surface area (Å²) in [5.41, 5.74) is 6.93. The molecule has 3 N–H and O–H groups in total. The number of nitrogens with zero attached hydrogens (tertiary/aromatic N) is 4. The largest absolute Gasteiger partial charge is 0.338 e. The average molecular weight is 496 g/mol. The fourth-order valence-electron chi connectivity index (χ4n) is 5.88. The molecular weight excluding hydrogens is 466 g/mol. The third kappa shape index (κ3) is 4.00. The molecule has 2 amide bonds. The number of hydrogen-bond donors (Lipinski definition) is 3. The third-order valence-electron chi connectivity index (χ3n) is 7.86. The van der Waals surface area contributed by atoms with Gasteiger partial charge in [-0.1, -0.05) is 24.3 Å². The number of nitrogens with one attached hydrogen (secondary N) is 3. The van der Waals surface area contributed by atoms with Crippen LogP contribution in [0.5, 0.6) is 0 Å². The van der Waals surface area contributed by atoms with Crippen molar-refractivity contribution >= 4 is 17.5 Å². The van der Waals surface area contributed by atoms with E-state index < -0.39 is 6.04 Å². The van der Waals surface area contributed by atoms with Gasteiger partial charge in [0.2, 0.25) is 5.91 Å². The molecule has 1 saturated carbocycles. The molecule has 0 bridgehead atoms. The molecule has 1 fully saturated rings. The number of carbonyl (C=O) groups excluding carboxylic acids is 2. The van der Waals surface area contributed by atoms with E-state index in [-0.39, 0.29) is 23.1 Å². The van der Waals surface area contributed by atoms with Crippen LogP contribution in [0, 0.1) is 19.3 Å². The smallest absolute Gasteiger partial charge is 0.270 e. The van der Waals surface area contributed by atoms with Crippen LogP contribution < -0.4 is 10.6 Å². The molecule has 2 aliphatic rings. The third-order valence-corrected chi connectivity index (χ3v) is 7.86. The number of benzene rings is 1. The SMILES string of the molecule is Cc1n[nH]c(C)c1-c1ccc(NC(=O)[C@@H](NC(=O)c2ccnn2C)C2c3ccccc3CC23CC3)cn1. The summed E-state index contributed by atoms with van der Waals surface area (Å²) in [5, 5.41) is 17.4. The minimum Gasteiger partial charge on any atom is -0.338 e. The maximum absolute atomic E-state index is 13.8. The van der Waals surface area contributed by atoms with Crippen LogP contribution in [0.4, 0.5) is 5.69 Å². The molecule has 3 aromatic heterocycles. The number of carbonyl (C=O) groups is 2. The number of anilines is 1. The number of fused-ring (bicyclic) bond motifs is 1. The first-order chi connectivity index (χ1) is 17.9. The van der Waals surface area contributed by atoms with Gasteiger partial charge in [0.1, 0.15) is 11.7 Å². The Labute approximate surface area is 214 Å². The van der Waals surface area contributed by atoms with E-state index in [4.69, 9.17) is 0 Å². The standard InChI is InChI=1S/C28H29N7O2/c1-16-23(17(2)34-33-16)21-9-8-19(15-29-21)31-27(37)25(32-26(36)22-10-13-30-35(22)3)24-20-7-5-4-6-18(20)14-28(24)11-12-28/h4-10,13,15,24-25H,11-12,14H2,1-3H3,(H,31,37)(H,32,36)(H,33,34)/t24?,25-/m0/s1. The monoisotopic (exact) mass is 495 g/mol. The van der Waals surface area contributed by atoms with Crippen molar-refractivity contribution in [2.24, 2.45) is 12.5 Å². The molecule has 2 aliphatic carbocycles. The van der Waals surface area contributed by atoms with Gasteiger partial charge in [0, 0.05) is 30.4 Å². The van der Waals surface area contributed by atoms with Crippen molar-refractivity contribution in [1.29, 1.82) is 0 Å². The van der Waals surface area contributed by atoms with Crippen molar-refractivity contribution < 1.29 is 9.59 Å². The van der Waals surface area contributed by atoms with Gasteiger partial charge in [-0.15, -0.1) is 0 Å². The summed E-state index contributed by atoms with van der Waals surface area (Å²) < 4.78 is 1.52. The summed E-state index contributed by atoms with van der Waals surface area (Å²) >= 11 is 0. The Morgan fingerprint density at radius 3 is 2.59 bits per heavy atom. The molecular formula is C28H29N7O2. The Kier molecular flexibility index (Phi) is 5.43. The molecule has 1 unspecified atom stereocenters. The van der Waals surface area contributed by atoms with Crippen molar-refractivity contribution in [2.45, 2.75) is 45.1 Å². The Morgan fingerprint density at radius 2 is 1.95 bits per heavy atom. The van der Waals surface area contributed by atoms with Gasteiger partial charge in [-0.05, 0) is 67.9 Å². The van der Waals surface area contributed by atoms with Gasteiger partial charge < -0.3 is 10.6 Å². The van der Waals surface area contributed by atoms with E-state index in [1.807, 2.05) is 38.1 Å². The van der Waals surface area contributed by atoms with Crippen LogP contribution in [0.2, 0.25) is 0 Å². The molecule has 37 heavy (non-hydrogen) atoms. The van der Waals surface area contributed by atoms with Crippen LogP contribution in [0.25, 0.3) is 11.3 Å². The highest BCUT2D eigenvalue weighted by molar-refractivity contribution is 6.01. The predicted octanol–water partition coefficient (Wildman–Crippen LogP) is 3.68. The molecule has 0 radical (unpaired) electrons. The normalized spacial score (nSPS) is 17.9. The molecule has 4 aromatic rings. The summed E-state index contributed by atoms with van der Waals surface area (Å²) in [6.45, 7) is 3.88. The van der Waals surface area contributed by atoms with Gasteiger partial charge in [0.15, 0.2) is 0 Å². The molecule has 9 nitrogen and oxygen atoms in total. The quantitative estimate of drug-likeness (QED) is 0.377. The Morgan fingerprint density at radius 1 is 1.14 bits per heavy atom. The predicted molar refractivity (Wildman–Crippen MR) is 139 cm³/mol. The minimum atomic E-state index is -0.744. The van der Waals surface area contributed by atoms with E-state index >= 15 is 0 Å². The average Bonchev–Trinajstić information content (AvgIpc) is 3.21. The molecule has 1 aromatic carbocycles. The lowest BCUT2D eigenvalue weighted by Crippen LogP contribution is -2.49. The van der Waals surface area contributed by atoms with Gasteiger partial charge in [0.25, 0.3) is 5.91 Å².